The fraction of sp³-hybridized carbons (Fsp3) is 0.273. The van der Waals surface area contributed by atoms with E-state index in [1.807, 2.05) is 48.5 Å². The Kier molecular flexibility index (Phi) is 7.27. The van der Waals surface area contributed by atoms with Gasteiger partial charge in [0, 0.05) is 62.5 Å². The van der Waals surface area contributed by atoms with Crippen LogP contribution in [0.1, 0.15) is 25.0 Å². The van der Waals surface area contributed by atoms with Crippen molar-refractivity contribution in [3.8, 4) is 0 Å². The van der Waals surface area contributed by atoms with Crippen LogP contribution in [0.3, 0.4) is 0 Å². The third-order valence-electron chi connectivity index (χ3n) is 4.88. The van der Waals surface area contributed by atoms with Crippen LogP contribution in [0.5, 0.6) is 0 Å². The van der Waals surface area contributed by atoms with Crippen molar-refractivity contribution < 1.29 is 19.3 Å². The number of piperazine rings is 1. The molecule has 32 heavy (non-hydrogen) atoms. The van der Waals surface area contributed by atoms with Crippen LogP contribution in [0.2, 0.25) is 0 Å². The average molecular weight is 438 g/mol. The smallest absolute Gasteiger partial charge is 0.332 e. The lowest BCUT2D eigenvalue weighted by Crippen LogP contribution is -2.46. The van der Waals surface area contributed by atoms with Gasteiger partial charge in [0.2, 0.25) is 0 Å². The minimum atomic E-state index is -0.518. The van der Waals surface area contributed by atoms with Gasteiger partial charge in [0.25, 0.3) is 0 Å². The quantitative estimate of drug-likeness (QED) is 0.299. The van der Waals surface area contributed by atoms with Crippen molar-refractivity contribution in [3.05, 3.63) is 59.7 Å². The van der Waals surface area contributed by atoms with Crippen LogP contribution >= 0.6 is 0 Å². The Morgan fingerprint density at radius 3 is 1.28 bits per heavy atom. The van der Waals surface area contributed by atoms with Crippen LogP contribution in [0, 0.1) is 0 Å². The van der Waals surface area contributed by atoms with Gasteiger partial charge in [-0.15, -0.1) is 0 Å². The van der Waals surface area contributed by atoms with E-state index in [-0.39, 0.29) is 11.7 Å². The van der Waals surface area contributed by atoms with Gasteiger partial charge in [0.05, 0.1) is 0 Å². The van der Waals surface area contributed by atoms with Gasteiger partial charge in [0.1, 0.15) is 0 Å². The zero-order valence-electron chi connectivity index (χ0n) is 18.0. The summed E-state index contributed by atoms with van der Waals surface area (Å²) in [5.41, 5.74) is 15.2. The molecule has 1 heterocycles. The maximum absolute atomic E-state index is 10.8. The SMILES string of the molecule is CC(=O)O/N=C(\N)c1ccc(N2CCN(c3ccc(/C(N)=N/OC(C)=O)cc3)CC2)cc1. The molecule has 0 spiro atoms. The van der Waals surface area contributed by atoms with Gasteiger partial charge in [0.15, 0.2) is 11.7 Å². The van der Waals surface area contributed by atoms with Crippen molar-refractivity contribution in [1.82, 2.24) is 0 Å². The highest BCUT2D eigenvalue weighted by atomic mass is 16.7. The number of carbonyl (C=O) groups is 2. The Bertz CT molecular complexity index is 926. The minimum Gasteiger partial charge on any atom is -0.380 e. The molecule has 2 aromatic carbocycles. The molecule has 10 nitrogen and oxygen atoms in total. The summed E-state index contributed by atoms with van der Waals surface area (Å²) in [6.07, 6.45) is 0. The molecule has 0 aromatic heterocycles. The van der Waals surface area contributed by atoms with Crippen molar-refractivity contribution in [2.24, 2.45) is 21.8 Å². The van der Waals surface area contributed by atoms with Crippen LogP contribution in [-0.4, -0.2) is 49.8 Å². The number of nitrogens with two attached hydrogens (primary N) is 2. The first-order valence-electron chi connectivity index (χ1n) is 10.1. The third kappa shape index (κ3) is 5.97. The van der Waals surface area contributed by atoms with E-state index >= 15 is 0 Å². The molecule has 0 unspecified atom stereocenters. The lowest BCUT2D eigenvalue weighted by atomic mass is 10.1. The molecule has 4 N–H and O–H groups in total. The first-order valence-corrected chi connectivity index (χ1v) is 10.1. The van der Waals surface area contributed by atoms with Crippen LogP contribution < -0.4 is 21.3 Å². The van der Waals surface area contributed by atoms with Crippen molar-refractivity contribution in [2.75, 3.05) is 36.0 Å². The molecule has 1 aliphatic heterocycles. The Balaban J connectivity index is 1.57. The Labute approximate surface area is 186 Å². The minimum absolute atomic E-state index is 0.151. The second-order valence-electron chi connectivity index (χ2n) is 7.19. The molecule has 0 atom stereocenters. The molecule has 168 valence electrons. The Hall–Kier alpha value is -4.08. The van der Waals surface area contributed by atoms with E-state index in [4.69, 9.17) is 11.5 Å². The largest absolute Gasteiger partial charge is 0.380 e. The molecule has 2 aromatic rings. The van der Waals surface area contributed by atoms with Crippen LogP contribution in [0.15, 0.2) is 58.8 Å². The van der Waals surface area contributed by atoms with Crippen LogP contribution in [0.25, 0.3) is 0 Å². The van der Waals surface area contributed by atoms with Gasteiger partial charge < -0.3 is 30.9 Å². The molecule has 1 saturated heterocycles. The van der Waals surface area contributed by atoms with Gasteiger partial charge in [-0.25, -0.2) is 9.59 Å². The summed E-state index contributed by atoms with van der Waals surface area (Å²) in [7, 11) is 0. The molecule has 3 rings (SSSR count). The van der Waals surface area contributed by atoms with E-state index in [2.05, 4.69) is 29.8 Å². The third-order valence-corrected chi connectivity index (χ3v) is 4.88. The number of anilines is 2. The van der Waals surface area contributed by atoms with Crippen molar-refractivity contribution >= 4 is 35.0 Å². The van der Waals surface area contributed by atoms with E-state index in [1.165, 1.54) is 13.8 Å². The van der Waals surface area contributed by atoms with Gasteiger partial charge >= 0.3 is 11.9 Å². The van der Waals surface area contributed by atoms with Crippen molar-refractivity contribution in [2.45, 2.75) is 13.8 Å². The lowest BCUT2D eigenvalue weighted by molar-refractivity contribution is -0.141. The standard InChI is InChI=1S/C22H26N6O4/c1-15(29)31-25-21(23)17-3-7-19(8-4-17)27-11-13-28(14-12-27)20-9-5-18(6-10-20)22(24)26-32-16(2)30/h3-10H,11-14H2,1-2H3,(H2,23,25)(H2,24,26). The van der Waals surface area contributed by atoms with E-state index in [0.29, 0.717) is 11.1 Å². The predicted octanol–water partition coefficient (Wildman–Crippen LogP) is 1.38. The van der Waals surface area contributed by atoms with Crippen LogP contribution in [-0.2, 0) is 19.3 Å². The predicted molar refractivity (Wildman–Crippen MR) is 122 cm³/mol. The maximum atomic E-state index is 10.8. The van der Waals surface area contributed by atoms with Gasteiger partial charge in [-0.3, -0.25) is 0 Å². The van der Waals surface area contributed by atoms with E-state index in [9.17, 15) is 9.59 Å². The zero-order chi connectivity index (χ0) is 23.1. The summed E-state index contributed by atoms with van der Waals surface area (Å²) in [5, 5.41) is 7.20. The number of oxime groups is 2. The second-order valence-corrected chi connectivity index (χ2v) is 7.19. The maximum Gasteiger partial charge on any atom is 0.332 e. The number of amidine groups is 2. The molecular formula is C22H26N6O4. The summed E-state index contributed by atoms with van der Waals surface area (Å²) in [5.74, 6) is -0.733. The number of nitrogens with zero attached hydrogens (tertiary/aromatic N) is 4. The number of hydrogen-bond donors (Lipinski definition) is 2. The summed E-state index contributed by atoms with van der Waals surface area (Å²) in [4.78, 5) is 35.4. The van der Waals surface area contributed by atoms with E-state index in [0.717, 1.165) is 37.6 Å². The van der Waals surface area contributed by atoms with Gasteiger partial charge in [-0.1, -0.05) is 10.3 Å². The molecule has 0 bridgehead atoms. The molecule has 1 aliphatic rings. The number of benzene rings is 2. The summed E-state index contributed by atoms with van der Waals surface area (Å²) in [6, 6.07) is 15.3. The summed E-state index contributed by atoms with van der Waals surface area (Å²) >= 11 is 0. The highest BCUT2D eigenvalue weighted by molar-refractivity contribution is 5.98. The highest BCUT2D eigenvalue weighted by Gasteiger charge is 2.18. The van der Waals surface area contributed by atoms with Crippen LogP contribution in [0.4, 0.5) is 11.4 Å². The molecular weight excluding hydrogens is 412 g/mol. The van der Waals surface area contributed by atoms with Gasteiger partial charge in [-0.05, 0) is 48.5 Å². The molecule has 0 radical (unpaired) electrons. The zero-order valence-corrected chi connectivity index (χ0v) is 18.0. The first-order chi connectivity index (χ1) is 15.3. The highest BCUT2D eigenvalue weighted by Crippen LogP contribution is 2.21. The van der Waals surface area contributed by atoms with Gasteiger partial charge in [-0.2, -0.15) is 0 Å². The fourth-order valence-corrected chi connectivity index (χ4v) is 3.24. The number of hydrogen-bond acceptors (Lipinski definition) is 8. The fourth-order valence-electron chi connectivity index (χ4n) is 3.24. The monoisotopic (exact) mass is 438 g/mol. The summed E-state index contributed by atoms with van der Waals surface area (Å²) < 4.78 is 0. The Morgan fingerprint density at radius 2 is 1.00 bits per heavy atom. The normalized spacial score (nSPS) is 14.8. The number of rotatable bonds is 6. The van der Waals surface area contributed by atoms with Crippen molar-refractivity contribution in [1.29, 1.82) is 0 Å². The topological polar surface area (TPSA) is 136 Å². The van der Waals surface area contributed by atoms with E-state index < -0.39 is 11.9 Å². The first kappa shape index (κ1) is 22.6. The Morgan fingerprint density at radius 1 is 0.688 bits per heavy atom. The summed E-state index contributed by atoms with van der Waals surface area (Å²) in [6.45, 7) is 5.96. The molecule has 1 fully saturated rings. The van der Waals surface area contributed by atoms with E-state index in [1.54, 1.807) is 0 Å². The molecule has 10 heteroatoms. The molecule has 0 aliphatic carbocycles. The lowest BCUT2D eigenvalue weighted by Gasteiger charge is -2.37. The second kappa shape index (κ2) is 10.3. The van der Waals surface area contributed by atoms with Crippen molar-refractivity contribution in [3.63, 3.8) is 0 Å². The molecule has 0 saturated carbocycles. The number of carbonyl (C=O) groups excluding carboxylic acids is 2. The average Bonchev–Trinajstić information content (AvgIpc) is 2.81. The molecule has 0 amide bonds.